The normalized spacial score (nSPS) is 11.0. The van der Waals surface area contributed by atoms with Crippen molar-refractivity contribution < 1.29 is 28.5 Å². The van der Waals surface area contributed by atoms with E-state index in [9.17, 15) is 9.59 Å². The molecule has 4 aromatic rings. The molecule has 0 unspecified atom stereocenters. The predicted octanol–water partition coefficient (Wildman–Crippen LogP) is 7.73. The van der Waals surface area contributed by atoms with Crippen LogP contribution in [-0.4, -0.2) is 39.0 Å². The van der Waals surface area contributed by atoms with Gasteiger partial charge < -0.3 is 18.9 Å². The number of hydrogen-bond acceptors (Lipinski definition) is 6. The van der Waals surface area contributed by atoms with Crippen LogP contribution in [0, 0.1) is 0 Å². The first-order valence-electron chi connectivity index (χ1n) is 13.7. The van der Waals surface area contributed by atoms with Crippen LogP contribution < -0.4 is 18.9 Å². The lowest BCUT2D eigenvalue weighted by atomic mass is 10.1. The maximum atomic E-state index is 12.6. The van der Waals surface area contributed by atoms with Crippen LogP contribution in [0.4, 0.5) is 0 Å². The van der Waals surface area contributed by atoms with Crippen molar-refractivity contribution in [2.45, 2.75) is 12.8 Å². The van der Waals surface area contributed by atoms with Crippen molar-refractivity contribution in [3.63, 3.8) is 0 Å². The van der Waals surface area contributed by atoms with Crippen LogP contribution in [0.3, 0.4) is 0 Å². The second-order valence-electron chi connectivity index (χ2n) is 9.40. The summed E-state index contributed by atoms with van der Waals surface area (Å²) < 4.78 is 22.0. The molecule has 6 nitrogen and oxygen atoms in total. The van der Waals surface area contributed by atoms with Crippen molar-refractivity contribution in [1.82, 2.24) is 0 Å². The van der Waals surface area contributed by atoms with Crippen molar-refractivity contribution in [2.75, 3.05) is 27.4 Å². The van der Waals surface area contributed by atoms with Gasteiger partial charge in [0, 0.05) is 11.1 Å². The number of allylic oxidation sites excluding steroid dienone is 2. The molecule has 0 atom stereocenters. The van der Waals surface area contributed by atoms with Crippen molar-refractivity contribution in [3.05, 3.63) is 131 Å². The summed E-state index contributed by atoms with van der Waals surface area (Å²) in [6.45, 7) is 0.995. The van der Waals surface area contributed by atoms with Crippen LogP contribution in [-0.2, 0) is 0 Å². The number of hydrogen-bond donors (Lipinski definition) is 0. The van der Waals surface area contributed by atoms with Gasteiger partial charge in [-0.15, -0.1) is 0 Å². The van der Waals surface area contributed by atoms with Crippen molar-refractivity contribution in [2.24, 2.45) is 0 Å². The summed E-state index contributed by atoms with van der Waals surface area (Å²) in [6.07, 6.45) is 8.22. The summed E-state index contributed by atoms with van der Waals surface area (Å²) in [5.74, 6) is 2.64. The number of benzene rings is 4. The molecule has 0 N–H and O–H groups in total. The van der Waals surface area contributed by atoms with Gasteiger partial charge in [0.25, 0.3) is 0 Å². The Morgan fingerprint density at radius 2 is 0.952 bits per heavy atom. The number of unbranched alkanes of at least 4 members (excludes halogenated alkanes) is 1. The summed E-state index contributed by atoms with van der Waals surface area (Å²) >= 11 is 0. The fraction of sp³-hybridized carbons (Fsp3) is 0.167. The Labute approximate surface area is 246 Å². The highest BCUT2D eigenvalue weighted by atomic mass is 16.5. The van der Waals surface area contributed by atoms with Gasteiger partial charge in [0.05, 0.1) is 27.4 Å². The number of carbonyl (C=O) groups excluding carboxylic acids is 2. The van der Waals surface area contributed by atoms with E-state index in [1.807, 2.05) is 72.8 Å². The van der Waals surface area contributed by atoms with E-state index >= 15 is 0 Å². The minimum atomic E-state index is -0.0957. The molecule has 4 aromatic carbocycles. The largest absolute Gasteiger partial charge is 0.497 e. The molecule has 0 saturated heterocycles. The SMILES string of the molecule is COc1ccc(/C=C/C(=O)c2cccc(OCCCCOc3cccc(C(=O)/C=C/c4ccc(OC)cc4)c3)c2)cc1. The monoisotopic (exact) mass is 562 g/mol. The van der Waals surface area contributed by atoms with E-state index in [-0.39, 0.29) is 11.6 Å². The lowest BCUT2D eigenvalue weighted by Crippen LogP contribution is -2.04. The molecule has 0 saturated carbocycles. The van der Waals surface area contributed by atoms with Crippen LogP contribution in [0.5, 0.6) is 23.0 Å². The first kappa shape index (κ1) is 29.9. The molecule has 0 amide bonds. The Balaban J connectivity index is 1.18. The minimum absolute atomic E-state index is 0.0957. The lowest BCUT2D eigenvalue weighted by Gasteiger charge is -2.09. The molecule has 0 spiro atoms. The van der Waals surface area contributed by atoms with E-state index in [4.69, 9.17) is 18.9 Å². The Kier molecular flexibility index (Phi) is 11.1. The van der Waals surface area contributed by atoms with E-state index in [0.717, 1.165) is 35.5 Å². The van der Waals surface area contributed by atoms with Gasteiger partial charge in [-0.05, 0) is 84.7 Å². The van der Waals surface area contributed by atoms with E-state index in [1.54, 1.807) is 62.8 Å². The van der Waals surface area contributed by atoms with Gasteiger partial charge in [-0.2, -0.15) is 0 Å². The van der Waals surface area contributed by atoms with Crippen LogP contribution in [0.25, 0.3) is 12.2 Å². The molecular formula is C36H34O6. The number of methoxy groups -OCH3 is 2. The second-order valence-corrected chi connectivity index (χ2v) is 9.40. The zero-order chi connectivity index (χ0) is 29.6. The smallest absolute Gasteiger partial charge is 0.185 e. The maximum Gasteiger partial charge on any atom is 0.185 e. The number of rotatable bonds is 15. The molecule has 4 rings (SSSR count). The zero-order valence-corrected chi connectivity index (χ0v) is 23.8. The van der Waals surface area contributed by atoms with Crippen LogP contribution in [0.15, 0.2) is 109 Å². The summed E-state index contributed by atoms with van der Waals surface area (Å²) in [4.78, 5) is 25.2. The van der Waals surface area contributed by atoms with Crippen LogP contribution in [0.2, 0.25) is 0 Å². The standard InChI is InChI=1S/C36H34O6/c1-39-31-17-11-27(12-18-31)15-21-35(37)29-7-5-9-33(25-29)41-23-3-4-24-42-34-10-6-8-30(26-34)36(38)22-16-28-13-19-32(40-2)20-14-28/h5-22,25-26H,3-4,23-24H2,1-2H3/b21-15+,22-16+. The van der Waals surface area contributed by atoms with Gasteiger partial charge in [0.1, 0.15) is 23.0 Å². The summed E-state index contributed by atoms with van der Waals surface area (Å²) in [7, 11) is 3.24. The van der Waals surface area contributed by atoms with E-state index < -0.39 is 0 Å². The molecule has 6 heteroatoms. The zero-order valence-electron chi connectivity index (χ0n) is 23.8. The number of ether oxygens (including phenoxy) is 4. The topological polar surface area (TPSA) is 71.1 Å². The summed E-state index contributed by atoms with van der Waals surface area (Å²) in [6, 6.07) is 29.3. The molecule has 0 heterocycles. The molecule has 0 aliphatic carbocycles. The van der Waals surface area contributed by atoms with Crippen LogP contribution in [0.1, 0.15) is 44.7 Å². The van der Waals surface area contributed by atoms with Gasteiger partial charge in [0.15, 0.2) is 11.6 Å². The minimum Gasteiger partial charge on any atom is -0.497 e. The van der Waals surface area contributed by atoms with Crippen molar-refractivity contribution in [3.8, 4) is 23.0 Å². The van der Waals surface area contributed by atoms with Gasteiger partial charge in [-0.25, -0.2) is 0 Å². The molecule has 42 heavy (non-hydrogen) atoms. The Morgan fingerprint density at radius 1 is 0.548 bits per heavy atom. The molecule has 0 aromatic heterocycles. The van der Waals surface area contributed by atoms with Crippen LogP contribution >= 0.6 is 0 Å². The highest BCUT2D eigenvalue weighted by molar-refractivity contribution is 6.07. The first-order chi connectivity index (χ1) is 20.5. The van der Waals surface area contributed by atoms with Gasteiger partial charge in [0.2, 0.25) is 0 Å². The third kappa shape index (κ3) is 9.24. The van der Waals surface area contributed by atoms with Crippen molar-refractivity contribution >= 4 is 23.7 Å². The number of ketones is 2. The Morgan fingerprint density at radius 3 is 1.33 bits per heavy atom. The molecule has 0 aliphatic heterocycles. The predicted molar refractivity (Wildman–Crippen MR) is 166 cm³/mol. The number of carbonyl (C=O) groups is 2. The maximum absolute atomic E-state index is 12.6. The summed E-state index contributed by atoms with van der Waals surface area (Å²) in [5, 5.41) is 0. The van der Waals surface area contributed by atoms with E-state index in [1.165, 1.54) is 0 Å². The fourth-order valence-corrected chi connectivity index (χ4v) is 4.03. The highest BCUT2D eigenvalue weighted by Gasteiger charge is 2.06. The van der Waals surface area contributed by atoms with E-state index in [0.29, 0.717) is 35.8 Å². The average Bonchev–Trinajstić information content (AvgIpc) is 3.04. The van der Waals surface area contributed by atoms with E-state index in [2.05, 4.69) is 0 Å². The average molecular weight is 563 g/mol. The molecule has 0 aliphatic rings. The quantitative estimate of drug-likeness (QED) is 0.0839. The lowest BCUT2D eigenvalue weighted by molar-refractivity contribution is 0.103. The Hall–Kier alpha value is -5.10. The summed E-state index contributed by atoms with van der Waals surface area (Å²) in [5.41, 5.74) is 2.96. The van der Waals surface area contributed by atoms with Gasteiger partial charge in [-0.1, -0.05) is 60.7 Å². The molecule has 0 radical (unpaired) electrons. The Bertz CT molecular complexity index is 1400. The fourth-order valence-electron chi connectivity index (χ4n) is 4.03. The van der Waals surface area contributed by atoms with Crippen molar-refractivity contribution in [1.29, 1.82) is 0 Å². The molecule has 214 valence electrons. The first-order valence-corrected chi connectivity index (χ1v) is 13.7. The third-order valence-electron chi connectivity index (χ3n) is 6.40. The molecule has 0 fully saturated rings. The third-order valence-corrected chi connectivity index (χ3v) is 6.40. The van der Waals surface area contributed by atoms with Gasteiger partial charge >= 0.3 is 0 Å². The molecule has 0 bridgehead atoms. The second kappa shape index (κ2) is 15.6. The van der Waals surface area contributed by atoms with Gasteiger partial charge in [-0.3, -0.25) is 9.59 Å². The molecular weight excluding hydrogens is 528 g/mol. The highest BCUT2D eigenvalue weighted by Crippen LogP contribution is 2.18.